The van der Waals surface area contributed by atoms with Gasteiger partial charge in [0.25, 0.3) is 0 Å². The van der Waals surface area contributed by atoms with E-state index in [2.05, 4.69) is 44.7 Å². The summed E-state index contributed by atoms with van der Waals surface area (Å²) in [6.45, 7) is 7.85. The minimum absolute atomic E-state index is 0.770. The third-order valence-corrected chi connectivity index (χ3v) is 2.41. The van der Waals surface area contributed by atoms with Gasteiger partial charge < -0.3 is 4.74 Å². The van der Waals surface area contributed by atoms with Crippen molar-refractivity contribution < 1.29 is 4.74 Å². The SMILES string of the molecule is C=C/C(=C\C=C(/C)c1cccc(C)c1)OC. The first-order valence-corrected chi connectivity index (χ1v) is 5.29. The zero-order valence-corrected chi connectivity index (χ0v) is 10.2. The number of ether oxygens (including phenoxy) is 1. The second-order valence-corrected chi connectivity index (χ2v) is 3.70. The van der Waals surface area contributed by atoms with E-state index in [0.29, 0.717) is 0 Å². The molecule has 1 aromatic rings. The van der Waals surface area contributed by atoms with Gasteiger partial charge in [0.1, 0.15) is 5.76 Å². The Kier molecular flexibility index (Phi) is 4.59. The van der Waals surface area contributed by atoms with Crippen LogP contribution in [-0.2, 0) is 4.74 Å². The minimum Gasteiger partial charge on any atom is -0.497 e. The Hall–Kier alpha value is -1.76. The lowest BCUT2D eigenvalue weighted by molar-refractivity contribution is 0.307. The number of hydrogen-bond acceptors (Lipinski definition) is 1. The third-order valence-electron chi connectivity index (χ3n) is 2.41. The van der Waals surface area contributed by atoms with Crippen molar-refractivity contribution in [3.8, 4) is 0 Å². The maximum Gasteiger partial charge on any atom is 0.118 e. The smallest absolute Gasteiger partial charge is 0.118 e. The van der Waals surface area contributed by atoms with Crippen LogP contribution in [0.1, 0.15) is 18.1 Å². The van der Waals surface area contributed by atoms with Crippen LogP contribution in [0.3, 0.4) is 0 Å². The second kappa shape index (κ2) is 5.96. The summed E-state index contributed by atoms with van der Waals surface area (Å²) in [4.78, 5) is 0. The van der Waals surface area contributed by atoms with Gasteiger partial charge in [0.05, 0.1) is 7.11 Å². The number of benzene rings is 1. The van der Waals surface area contributed by atoms with Crippen LogP contribution in [0.5, 0.6) is 0 Å². The molecule has 1 nitrogen and oxygen atoms in total. The molecule has 0 aromatic heterocycles. The molecule has 0 radical (unpaired) electrons. The molecule has 0 fully saturated rings. The van der Waals surface area contributed by atoms with Crippen molar-refractivity contribution in [3.63, 3.8) is 0 Å². The first kappa shape index (κ1) is 12.3. The zero-order chi connectivity index (χ0) is 12.0. The lowest BCUT2D eigenvalue weighted by Crippen LogP contribution is -1.82. The van der Waals surface area contributed by atoms with Gasteiger partial charge >= 0.3 is 0 Å². The Morgan fingerprint density at radius 1 is 1.31 bits per heavy atom. The van der Waals surface area contributed by atoms with E-state index in [4.69, 9.17) is 4.74 Å². The fourth-order valence-electron chi connectivity index (χ4n) is 1.41. The molecule has 0 heterocycles. The van der Waals surface area contributed by atoms with E-state index in [-0.39, 0.29) is 0 Å². The van der Waals surface area contributed by atoms with Crippen molar-refractivity contribution in [1.82, 2.24) is 0 Å². The lowest BCUT2D eigenvalue weighted by Gasteiger charge is -2.02. The Morgan fingerprint density at radius 3 is 2.62 bits per heavy atom. The van der Waals surface area contributed by atoms with E-state index < -0.39 is 0 Å². The predicted molar refractivity (Wildman–Crippen MR) is 70.1 cm³/mol. The number of methoxy groups -OCH3 is 1. The summed E-state index contributed by atoms with van der Waals surface area (Å²) in [5, 5.41) is 0. The molecule has 0 aliphatic carbocycles. The molecule has 16 heavy (non-hydrogen) atoms. The summed E-state index contributed by atoms with van der Waals surface area (Å²) in [7, 11) is 1.64. The highest BCUT2D eigenvalue weighted by atomic mass is 16.5. The molecule has 84 valence electrons. The second-order valence-electron chi connectivity index (χ2n) is 3.70. The standard InChI is InChI=1S/C15H18O/c1-5-15(16-4)10-9-13(3)14-8-6-7-12(2)11-14/h5-11H,1H2,2-4H3/b13-9+,15-10+. The Bertz CT molecular complexity index is 425. The number of allylic oxidation sites excluding steroid dienone is 4. The van der Waals surface area contributed by atoms with Crippen LogP contribution in [0.4, 0.5) is 0 Å². The average molecular weight is 214 g/mol. The summed E-state index contributed by atoms with van der Waals surface area (Å²) in [5.41, 5.74) is 3.71. The van der Waals surface area contributed by atoms with Crippen molar-refractivity contribution in [1.29, 1.82) is 0 Å². The molecule has 0 amide bonds. The molecule has 0 unspecified atom stereocenters. The van der Waals surface area contributed by atoms with Crippen molar-refractivity contribution in [2.24, 2.45) is 0 Å². The molecule has 0 N–H and O–H groups in total. The number of aryl methyl sites for hydroxylation is 1. The van der Waals surface area contributed by atoms with Gasteiger partial charge in [-0.3, -0.25) is 0 Å². The first-order valence-electron chi connectivity index (χ1n) is 5.29. The van der Waals surface area contributed by atoms with E-state index in [1.807, 2.05) is 12.2 Å². The highest BCUT2D eigenvalue weighted by Crippen LogP contribution is 2.15. The van der Waals surface area contributed by atoms with E-state index in [1.165, 1.54) is 16.7 Å². The number of hydrogen-bond donors (Lipinski definition) is 0. The zero-order valence-electron chi connectivity index (χ0n) is 10.2. The van der Waals surface area contributed by atoms with Crippen LogP contribution < -0.4 is 0 Å². The highest BCUT2D eigenvalue weighted by molar-refractivity contribution is 5.65. The normalized spacial score (nSPS) is 12.4. The highest BCUT2D eigenvalue weighted by Gasteiger charge is 1.94. The van der Waals surface area contributed by atoms with Crippen LogP contribution in [0, 0.1) is 6.92 Å². The molecular weight excluding hydrogens is 196 g/mol. The summed E-state index contributed by atoms with van der Waals surface area (Å²) >= 11 is 0. The monoisotopic (exact) mass is 214 g/mol. The van der Waals surface area contributed by atoms with Crippen molar-refractivity contribution in [3.05, 3.63) is 66.0 Å². The molecule has 1 aromatic carbocycles. The molecular formula is C15H18O. The van der Waals surface area contributed by atoms with Gasteiger partial charge in [-0.05, 0) is 37.1 Å². The Balaban J connectivity index is 2.93. The van der Waals surface area contributed by atoms with Crippen LogP contribution in [0.25, 0.3) is 5.57 Å². The third kappa shape index (κ3) is 3.43. The van der Waals surface area contributed by atoms with Gasteiger partial charge in [-0.25, -0.2) is 0 Å². The van der Waals surface area contributed by atoms with Crippen LogP contribution in [0.2, 0.25) is 0 Å². The largest absolute Gasteiger partial charge is 0.497 e. The lowest BCUT2D eigenvalue weighted by atomic mass is 10.0. The Labute approximate surface area is 97.8 Å². The summed E-state index contributed by atoms with van der Waals surface area (Å²) < 4.78 is 5.11. The van der Waals surface area contributed by atoms with Crippen molar-refractivity contribution in [2.45, 2.75) is 13.8 Å². The molecule has 0 saturated heterocycles. The van der Waals surface area contributed by atoms with Crippen molar-refractivity contribution >= 4 is 5.57 Å². The summed E-state index contributed by atoms with van der Waals surface area (Å²) in [6, 6.07) is 8.43. The summed E-state index contributed by atoms with van der Waals surface area (Å²) in [5.74, 6) is 0.770. The maximum atomic E-state index is 5.11. The van der Waals surface area contributed by atoms with Crippen LogP contribution >= 0.6 is 0 Å². The van der Waals surface area contributed by atoms with E-state index in [0.717, 1.165) is 5.76 Å². The molecule has 0 saturated carbocycles. The van der Waals surface area contributed by atoms with Gasteiger partial charge in [-0.1, -0.05) is 42.5 Å². The fraction of sp³-hybridized carbons (Fsp3) is 0.200. The molecule has 1 rings (SSSR count). The van der Waals surface area contributed by atoms with E-state index in [1.54, 1.807) is 13.2 Å². The van der Waals surface area contributed by atoms with Gasteiger partial charge in [0, 0.05) is 0 Å². The van der Waals surface area contributed by atoms with Crippen LogP contribution in [0.15, 0.2) is 54.8 Å². The fourth-order valence-corrected chi connectivity index (χ4v) is 1.41. The number of rotatable bonds is 4. The van der Waals surface area contributed by atoms with Gasteiger partial charge in [0.2, 0.25) is 0 Å². The maximum absolute atomic E-state index is 5.11. The van der Waals surface area contributed by atoms with E-state index >= 15 is 0 Å². The van der Waals surface area contributed by atoms with Gasteiger partial charge in [-0.15, -0.1) is 0 Å². The quantitative estimate of drug-likeness (QED) is 0.541. The Morgan fingerprint density at radius 2 is 2.06 bits per heavy atom. The molecule has 0 spiro atoms. The first-order chi connectivity index (χ1) is 7.67. The van der Waals surface area contributed by atoms with Crippen molar-refractivity contribution in [2.75, 3.05) is 7.11 Å². The van der Waals surface area contributed by atoms with Gasteiger partial charge in [0.15, 0.2) is 0 Å². The topological polar surface area (TPSA) is 9.23 Å². The molecule has 0 aliphatic rings. The molecule has 1 heteroatoms. The molecule has 0 bridgehead atoms. The molecule has 0 atom stereocenters. The summed E-state index contributed by atoms with van der Waals surface area (Å²) in [6.07, 6.45) is 5.65. The van der Waals surface area contributed by atoms with E-state index in [9.17, 15) is 0 Å². The van der Waals surface area contributed by atoms with Crippen LogP contribution in [-0.4, -0.2) is 7.11 Å². The van der Waals surface area contributed by atoms with Gasteiger partial charge in [-0.2, -0.15) is 0 Å². The molecule has 0 aliphatic heterocycles. The average Bonchev–Trinajstić information content (AvgIpc) is 2.30. The predicted octanol–water partition coefficient (Wildman–Crippen LogP) is 4.11. The minimum atomic E-state index is 0.770.